The van der Waals surface area contributed by atoms with Gasteiger partial charge >= 0.3 is 0 Å². The van der Waals surface area contributed by atoms with E-state index in [-0.39, 0.29) is 0 Å². The van der Waals surface area contributed by atoms with Crippen molar-refractivity contribution in [2.45, 2.75) is 19.9 Å². The van der Waals surface area contributed by atoms with Crippen LogP contribution in [0.4, 0.5) is 0 Å². The van der Waals surface area contributed by atoms with Gasteiger partial charge in [0.15, 0.2) is 5.96 Å². The summed E-state index contributed by atoms with van der Waals surface area (Å²) in [5.41, 5.74) is 1.36. The van der Waals surface area contributed by atoms with Gasteiger partial charge in [0.25, 0.3) is 0 Å². The molecule has 0 amide bonds. The van der Waals surface area contributed by atoms with Crippen molar-refractivity contribution in [3.8, 4) is 0 Å². The van der Waals surface area contributed by atoms with Crippen molar-refractivity contribution in [2.75, 3.05) is 66.1 Å². The Kier molecular flexibility index (Phi) is 10.1. The zero-order valence-corrected chi connectivity index (χ0v) is 16.4. The second-order valence-corrected chi connectivity index (χ2v) is 6.72. The van der Waals surface area contributed by atoms with Crippen LogP contribution in [0.2, 0.25) is 0 Å². The van der Waals surface area contributed by atoms with E-state index >= 15 is 0 Å². The number of nitrogens with zero attached hydrogens (tertiary/aromatic N) is 3. The maximum absolute atomic E-state index is 5.39. The summed E-state index contributed by atoms with van der Waals surface area (Å²) >= 11 is 0. The van der Waals surface area contributed by atoms with Crippen LogP contribution in [0, 0.1) is 0 Å². The zero-order chi connectivity index (χ0) is 18.5. The monoisotopic (exact) mass is 361 g/mol. The minimum atomic E-state index is 0.839. The molecule has 1 heterocycles. The van der Waals surface area contributed by atoms with Crippen LogP contribution in [0.3, 0.4) is 0 Å². The predicted molar refractivity (Wildman–Crippen MR) is 109 cm³/mol. The van der Waals surface area contributed by atoms with Crippen LogP contribution in [-0.4, -0.2) is 81.8 Å². The minimum absolute atomic E-state index is 0.839. The molecule has 2 rings (SSSR count). The molecular weight excluding hydrogens is 326 g/mol. The SMILES string of the molecule is CCNC(=NCCCN(C)Cc1ccccc1)NCCN1CCOCC1. The fourth-order valence-electron chi connectivity index (χ4n) is 3.00. The van der Waals surface area contributed by atoms with Gasteiger partial charge in [0.05, 0.1) is 13.2 Å². The number of benzene rings is 1. The fourth-order valence-corrected chi connectivity index (χ4v) is 3.00. The molecule has 1 aliphatic rings. The van der Waals surface area contributed by atoms with Gasteiger partial charge in [0.2, 0.25) is 0 Å². The van der Waals surface area contributed by atoms with Crippen molar-refractivity contribution in [1.82, 2.24) is 20.4 Å². The normalized spacial score (nSPS) is 16.0. The number of ether oxygens (including phenoxy) is 1. The van der Waals surface area contributed by atoms with E-state index in [9.17, 15) is 0 Å². The van der Waals surface area contributed by atoms with Gasteiger partial charge in [0, 0.05) is 45.8 Å². The molecule has 0 aromatic heterocycles. The smallest absolute Gasteiger partial charge is 0.191 e. The Bertz CT molecular complexity index is 502. The first kappa shape index (κ1) is 20.7. The average molecular weight is 362 g/mol. The molecule has 0 spiro atoms. The maximum atomic E-state index is 5.39. The van der Waals surface area contributed by atoms with Crippen LogP contribution < -0.4 is 10.6 Å². The van der Waals surface area contributed by atoms with Gasteiger partial charge in [-0.1, -0.05) is 30.3 Å². The molecule has 6 heteroatoms. The van der Waals surface area contributed by atoms with Gasteiger partial charge in [-0.05, 0) is 32.5 Å². The summed E-state index contributed by atoms with van der Waals surface area (Å²) in [7, 11) is 2.17. The number of aliphatic imine (C=N–C) groups is 1. The summed E-state index contributed by atoms with van der Waals surface area (Å²) in [6, 6.07) is 10.6. The number of hydrogen-bond donors (Lipinski definition) is 2. The molecule has 6 nitrogen and oxygen atoms in total. The second kappa shape index (κ2) is 12.7. The van der Waals surface area contributed by atoms with Crippen molar-refractivity contribution in [3.63, 3.8) is 0 Å². The number of morpholine rings is 1. The topological polar surface area (TPSA) is 52.1 Å². The molecule has 0 saturated carbocycles. The van der Waals surface area contributed by atoms with Crippen molar-refractivity contribution in [2.24, 2.45) is 4.99 Å². The molecule has 2 N–H and O–H groups in total. The van der Waals surface area contributed by atoms with Crippen molar-refractivity contribution in [1.29, 1.82) is 0 Å². The van der Waals surface area contributed by atoms with E-state index in [0.717, 1.165) is 78.0 Å². The lowest BCUT2D eigenvalue weighted by Gasteiger charge is -2.26. The lowest BCUT2D eigenvalue weighted by Crippen LogP contribution is -2.44. The van der Waals surface area contributed by atoms with E-state index in [1.165, 1.54) is 5.56 Å². The van der Waals surface area contributed by atoms with Gasteiger partial charge in [-0.25, -0.2) is 0 Å². The van der Waals surface area contributed by atoms with Crippen molar-refractivity contribution in [3.05, 3.63) is 35.9 Å². The molecule has 0 radical (unpaired) electrons. The van der Waals surface area contributed by atoms with Crippen LogP contribution in [-0.2, 0) is 11.3 Å². The highest BCUT2D eigenvalue weighted by atomic mass is 16.5. The largest absolute Gasteiger partial charge is 0.379 e. The number of rotatable bonds is 10. The third-order valence-electron chi connectivity index (χ3n) is 4.43. The Morgan fingerprint density at radius 3 is 2.69 bits per heavy atom. The van der Waals surface area contributed by atoms with E-state index in [4.69, 9.17) is 9.73 Å². The first-order valence-corrected chi connectivity index (χ1v) is 9.82. The molecule has 26 heavy (non-hydrogen) atoms. The minimum Gasteiger partial charge on any atom is -0.379 e. The molecule has 0 bridgehead atoms. The van der Waals surface area contributed by atoms with Gasteiger partial charge in [-0.15, -0.1) is 0 Å². The summed E-state index contributed by atoms with van der Waals surface area (Å²) in [5, 5.41) is 6.77. The van der Waals surface area contributed by atoms with Crippen LogP contribution in [0.25, 0.3) is 0 Å². The third kappa shape index (κ3) is 8.65. The summed E-state index contributed by atoms with van der Waals surface area (Å²) in [5.74, 6) is 0.923. The highest BCUT2D eigenvalue weighted by Gasteiger charge is 2.09. The van der Waals surface area contributed by atoms with Gasteiger partial charge in [0.1, 0.15) is 0 Å². The van der Waals surface area contributed by atoms with Gasteiger partial charge in [-0.3, -0.25) is 9.89 Å². The Balaban J connectivity index is 1.62. The second-order valence-electron chi connectivity index (χ2n) is 6.72. The first-order chi connectivity index (χ1) is 12.8. The summed E-state index contributed by atoms with van der Waals surface area (Å²) < 4.78 is 5.39. The highest BCUT2D eigenvalue weighted by Crippen LogP contribution is 2.02. The number of nitrogens with one attached hydrogen (secondary N) is 2. The zero-order valence-electron chi connectivity index (χ0n) is 16.4. The molecular formula is C20H35N5O. The molecule has 0 unspecified atom stereocenters. The standard InChI is InChI=1S/C20H35N5O/c1-3-21-20(23-11-13-25-14-16-26-17-15-25)22-10-7-12-24(2)18-19-8-5-4-6-9-19/h4-6,8-9H,3,7,10-18H2,1-2H3,(H2,21,22,23). The third-order valence-corrected chi connectivity index (χ3v) is 4.43. The molecule has 0 atom stereocenters. The summed E-state index contributed by atoms with van der Waals surface area (Å²) in [4.78, 5) is 9.48. The molecule has 1 aliphatic heterocycles. The van der Waals surface area contributed by atoms with Crippen LogP contribution in [0.1, 0.15) is 18.9 Å². The Morgan fingerprint density at radius 1 is 1.19 bits per heavy atom. The first-order valence-electron chi connectivity index (χ1n) is 9.82. The quantitative estimate of drug-likeness (QED) is 0.375. The van der Waals surface area contributed by atoms with E-state index in [0.29, 0.717) is 0 Å². The lowest BCUT2D eigenvalue weighted by atomic mass is 10.2. The highest BCUT2D eigenvalue weighted by molar-refractivity contribution is 5.79. The Labute approximate surface area is 158 Å². The number of guanidine groups is 1. The number of hydrogen-bond acceptors (Lipinski definition) is 4. The van der Waals surface area contributed by atoms with Crippen molar-refractivity contribution >= 4 is 5.96 Å². The Morgan fingerprint density at radius 2 is 1.96 bits per heavy atom. The van der Waals surface area contributed by atoms with Gasteiger partial charge < -0.3 is 20.3 Å². The van der Waals surface area contributed by atoms with Crippen LogP contribution >= 0.6 is 0 Å². The summed E-state index contributed by atoms with van der Waals surface area (Å²) in [6.07, 6.45) is 1.06. The summed E-state index contributed by atoms with van der Waals surface area (Å²) in [6.45, 7) is 11.6. The van der Waals surface area contributed by atoms with Crippen molar-refractivity contribution < 1.29 is 4.74 Å². The molecule has 1 saturated heterocycles. The van der Waals surface area contributed by atoms with E-state index in [2.05, 4.69) is 64.7 Å². The molecule has 1 aromatic rings. The molecule has 1 aromatic carbocycles. The van der Waals surface area contributed by atoms with Crippen LogP contribution in [0.5, 0.6) is 0 Å². The van der Waals surface area contributed by atoms with E-state index in [1.54, 1.807) is 0 Å². The van der Waals surface area contributed by atoms with Gasteiger partial charge in [-0.2, -0.15) is 0 Å². The average Bonchev–Trinajstić information content (AvgIpc) is 2.67. The fraction of sp³-hybridized carbons (Fsp3) is 0.650. The molecule has 146 valence electrons. The molecule has 1 fully saturated rings. The van der Waals surface area contributed by atoms with E-state index < -0.39 is 0 Å². The molecule has 0 aliphatic carbocycles. The predicted octanol–water partition coefficient (Wildman–Crippen LogP) is 1.40. The maximum Gasteiger partial charge on any atom is 0.191 e. The Hall–Kier alpha value is -1.63. The lowest BCUT2D eigenvalue weighted by molar-refractivity contribution is 0.0389. The van der Waals surface area contributed by atoms with E-state index in [1.807, 2.05) is 0 Å². The van der Waals surface area contributed by atoms with Crippen LogP contribution in [0.15, 0.2) is 35.3 Å².